The Balaban J connectivity index is 2.20. The SMILES string of the molecule is N#CCCn1c(-c2cncs2)nc2ccccc21. The zero-order chi connectivity index (χ0) is 12.4. The van der Waals surface area contributed by atoms with Gasteiger partial charge in [-0.1, -0.05) is 12.1 Å². The van der Waals surface area contributed by atoms with Crippen LogP contribution in [0.15, 0.2) is 36.0 Å². The third-order valence-electron chi connectivity index (χ3n) is 2.75. The average molecular weight is 254 g/mol. The van der Waals surface area contributed by atoms with Crippen molar-refractivity contribution in [3.63, 3.8) is 0 Å². The molecule has 18 heavy (non-hydrogen) atoms. The van der Waals surface area contributed by atoms with E-state index in [9.17, 15) is 0 Å². The molecule has 0 aliphatic carbocycles. The minimum atomic E-state index is 0.478. The van der Waals surface area contributed by atoms with Crippen LogP contribution in [0, 0.1) is 11.3 Å². The standard InChI is InChI=1S/C13H10N4S/c14-6-3-7-17-11-5-2-1-4-10(11)16-13(17)12-8-15-9-18-12/h1-2,4-5,8-9H,3,7H2. The predicted molar refractivity (Wildman–Crippen MR) is 71.1 cm³/mol. The number of imidazole rings is 1. The van der Waals surface area contributed by atoms with Crippen molar-refractivity contribution in [1.29, 1.82) is 5.26 Å². The van der Waals surface area contributed by atoms with Crippen LogP contribution in [0.25, 0.3) is 21.7 Å². The van der Waals surface area contributed by atoms with Crippen LogP contribution in [0.5, 0.6) is 0 Å². The number of benzene rings is 1. The first-order chi connectivity index (χ1) is 8.90. The van der Waals surface area contributed by atoms with Gasteiger partial charge in [0, 0.05) is 12.7 Å². The largest absolute Gasteiger partial charge is 0.322 e. The van der Waals surface area contributed by atoms with Crippen molar-refractivity contribution < 1.29 is 0 Å². The van der Waals surface area contributed by atoms with Gasteiger partial charge in [0.15, 0.2) is 5.82 Å². The van der Waals surface area contributed by atoms with E-state index >= 15 is 0 Å². The highest BCUT2D eigenvalue weighted by Crippen LogP contribution is 2.27. The van der Waals surface area contributed by atoms with Gasteiger partial charge in [-0.25, -0.2) is 4.98 Å². The lowest BCUT2D eigenvalue weighted by molar-refractivity contribution is 0.745. The molecule has 3 rings (SSSR count). The number of fused-ring (bicyclic) bond motifs is 1. The third kappa shape index (κ3) is 1.77. The summed E-state index contributed by atoms with van der Waals surface area (Å²) in [5, 5.41) is 8.77. The first-order valence-corrected chi connectivity index (χ1v) is 6.49. The van der Waals surface area contributed by atoms with Crippen molar-refractivity contribution in [2.45, 2.75) is 13.0 Å². The van der Waals surface area contributed by atoms with Gasteiger partial charge in [-0.15, -0.1) is 11.3 Å². The van der Waals surface area contributed by atoms with Crippen molar-refractivity contribution in [3.8, 4) is 16.8 Å². The summed E-state index contributed by atoms with van der Waals surface area (Å²) in [5.41, 5.74) is 3.82. The Labute approximate surface area is 108 Å². The molecule has 0 fully saturated rings. The molecule has 0 N–H and O–H groups in total. The van der Waals surface area contributed by atoms with Crippen LogP contribution in [0.3, 0.4) is 0 Å². The van der Waals surface area contributed by atoms with E-state index in [1.165, 1.54) is 0 Å². The second-order valence-corrected chi connectivity index (χ2v) is 4.74. The van der Waals surface area contributed by atoms with Crippen LogP contribution in [0.4, 0.5) is 0 Å². The molecule has 0 radical (unpaired) electrons. The lowest BCUT2D eigenvalue weighted by Crippen LogP contribution is -1.99. The molecule has 0 aliphatic rings. The number of rotatable bonds is 3. The molecule has 4 nitrogen and oxygen atoms in total. The molecule has 0 saturated carbocycles. The number of hydrogen-bond donors (Lipinski definition) is 0. The maximum Gasteiger partial charge on any atom is 0.152 e. The molecule has 2 heterocycles. The fourth-order valence-corrected chi connectivity index (χ4v) is 2.60. The molecule has 0 atom stereocenters. The first kappa shape index (κ1) is 10.9. The number of thiazole rings is 1. The Morgan fingerprint density at radius 1 is 1.33 bits per heavy atom. The second-order valence-electron chi connectivity index (χ2n) is 3.85. The van der Waals surface area contributed by atoms with Crippen LogP contribution in [-0.4, -0.2) is 14.5 Å². The van der Waals surface area contributed by atoms with E-state index in [0.717, 1.165) is 21.7 Å². The van der Waals surface area contributed by atoms with Crippen molar-refractivity contribution in [1.82, 2.24) is 14.5 Å². The normalized spacial score (nSPS) is 10.6. The topological polar surface area (TPSA) is 54.5 Å². The minimum Gasteiger partial charge on any atom is -0.322 e. The van der Waals surface area contributed by atoms with Gasteiger partial charge in [0.2, 0.25) is 0 Å². The number of para-hydroxylation sites is 2. The van der Waals surface area contributed by atoms with Gasteiger partial charge in [-0.05, 0) is 12.1 Å². The zero-order valence-electron chi connectivity index (χ0n) is 9.58. The molecule has 1 aromatic carbocycles. The summed E-state index contributed by atoms with van der Waals surface area (Å²) in [7, 11) is 0. The number of hydrogen-bond acceptors (Lipinski definition) is 4. The van der Waals surface area contributed by atoms with E-state index in [4.69, 9.17) is 5.26 Å². The molecular weight excluding hydrogens is 244 g/mol. The van der Waals surface area contributed by atoms with Crippen LogP contribution < -0.4 is 0 Å². The molecule has 3 aromatic rings. The van der Waals surface area contributed by atoms with Gasteiger partial charge in [0.1, 0.15) is 0 Å². The molecule has 0 spiro atoms. The zero-order valence-corrected chi connectivity index (χ0v) is 10.4. The highest BCUT2D eigenvalue weighted by Gasteiger charge is 2.12. The first-order valence-electron chi connectivity index (χ1n) is 5.61. The van der Waals surface area contributed by atoms with Gasteiger partial charge < -0.3 is 4.57 Å². The van der Waals surface area contributed by atoms with Crippen LogP contribution in [0.1, 0.15) is 6.42 Å². The van der Waals surface area contributed by atoms with E-state index in [1.54, 1.807) is 16.8 Å². The van der Waals surface area contributed by atoms with Crippen LogP contribution in [-0.2, 0) is 6.54 Å². The number of nitrogens with zero attached hydrogens (tertiary/aromatic N) is 4. The Hall–Kier alpha value is -2.19. The van der Waals surface area contributed by atoms with E-state index < -0.39 is 0 Å². The lowest BCUT2D eigenvalue weighted by Gasteiger charge is -2.04. The second kappa shape index (κ2) is 4.59. The van der Waals surface area contributed by atoms with Crippen molar-refractivity contribution in [2.75, 3.05) is 0 Å². The van der Waals surface area contributed by atoms with Gasteiger partial charge in [0.05, 0.1) is 33.9 Å². The summed E-state index contributed by atoms with van der Waals surface area (Å²) in [5.74, 6) is 0.897. The Bertz CT molecular complexity index is 706. The Morgan fingerprint density at radius 3 is 3.00 bits per heavy atom. The smallest absolute Gasteiger partial charge is 0.152 e. The van der Waals surface area contributed by atoms with Crippen molar-refractivity contribution in [3.05, 3.63) is 36.0 Å². The summed E-state index contributed by atoms with van der Waals surface area (Å²) in [6.07, 6.45) is 2.29. The van der Waals surface area contributed by atoms with Crippen LogP contribution >= 0.6 is 11.3 Å². The molecule has 0 unspecified atom stereocenters. The summed E-state index contributed by atoms with van der Waals surface area (Å²) in [4.78, 5) is 9.75. The highest BCUT2D eigenvalue weighted by molar-refractivity contribution is 7.13. The molecule has 5 heteroatoms. The summed E-state index contributed by atoms with van der Waals surface area (Å²) >= 11 is 1.56. The van der Waals surface area contributed by atoms with Crippen molar-refractivity contribution in [2.24, 2.45) is 0 Å². The maximum atomic E-state index is 8.77. The highest BCUT2D eigenvalue weighted by atomic mass is 32.1. The Kier molecular flexibility index (Phi) is 2.79. The molecular formula is C13H10N4S. The van der Waals surface area contributed by atoms with Crippen molar-refractivity contribution >= 4 is 22.4 Å². The average Bonchev–Trinajstić information content (AvgIpc) is 3.03. The Morgan fingerprint density at radius 2 is 2.22 bits per heavy atom. The predicted octanol–water partition coefficient (Wildman–Crippen LogP) is 3.07. The minimum absolute atomic E-state index is 0.478. The molecule has 0 aliphatic heterocycles. The maximum absolute atomic E-state index is 8.77. The number of aromatic nitrogens is 3. The number of nitriles is 1. The summed E-state index contributed by atoms with van der Waals surface area (Å²) in [6, 6.07) is 10.2. The number of aryl methyl sites for hydroxylation is 1. The molecule has 0 saturated heterocycles. The summed E-state index contributed by atoms with van der Waals surface area (Å²) in [6.45, 7) is 0.657. The van der Waals surface area contributed by atoms with E-state index in [-0.39, 0.29) is 0 Å². The lowest BCUT2D eigenvalue weighted by atomic mass is 10.3. The van der Waals surface area contributed by atoms with Gasteiger partial charge in [0.25, 0.3) is 0 Å². The molecule has 0 amide bonds. The fraction of sp³-hybridized carbons (Fsp3) is 0.154. The molecule has 2 aromatic heterocycles. The van der Waals surface area contributed by atoms with E-state index in [2.05, 4.69) is 20.6 Å². The van der Waals surface area contributed by atoms with Gasteiger partial charge in [-0.3, -0.25) is 4.98 Å². The fourth-order valence-electron chi connectivity index (χ4n) is 1.98. The summed E-state index contributed by atoms with van der Waals surface area (Å²) < 4.78 is 2.09. The van der Waals surface area contributed by atoms with E-state index in [1.807, 2.05) is 30.5 Å². The van der Waals surface area contributed by atoms with Gasteiger partial charge in [-0.2, -0.15) is 5.26 Å². The molecule has 88 valence electrons. The van der Waals surface area contributed by atoms with Gasteiger partial charge >= 0.3 is 0 Å². The van der Waals surface area contributed by atoms with Crippen LogP contribution in [0.2, 0.25) is 0 Å². The van der Waals surface area contributed by atoms with E-state index in [0.29, 0.717) is 13.0 Å². The quantitative estimate of drug-likeness (QED) is 0.721. The third-order valence-corrected chi connectivity index (χ3v) is 3.52. The monoisotopic (exact) mass is 254 g/mol. The molecule has 0 bridgehead atoms.